The number of carbonyl (C=O) groups is 1. The zero-order valence-corrected chi connectivity index (χ0v) is 13.4. The lowest BCUT2D eigenvalue weighted by Crippen LogP contribution is -2.43. The van der Waals surface area contributed by atoms with E-state index in [0.717, 1.165) is 11.1 Å². The Morgan fingerprint density at radius 2 is 2.00 bits per heavy atom. The third kappa shape index (κ3) is 5.43. The number of hydrogen-bond donors (Lipinski definition) is 3. The van der Waals surface area contributed by atoms with E-state index in [9.17, 15) is 9.90 Å². The molecule has 20 heavy (non-hydrogen) atoms. The first-order valence-corrected chi connectivity index (χ1v) is 7.88. The summed E-state index contributed by atoms with van der Waals surface area (Å²) in [5.41, 5.74) is 1.86. The highest BCUT2D eigenvalue weighted by Crippen LogP contribution is 2.19. The number of aliphatic hydroxyl groups excluding tert-OH is 1. The molecule has 1 rings (SSSR count). The van der Waals surface area contributed by atoms with Gasteiger partial charge in [-0.15, -0.1) is 0 Å². The molecule has 1 unspecified atom stereocenters. The van der Waals surface area contributed by atoms with Crippen molar-refractivity contribution in [1.82, 2.24) is 10.6 Å². The first kappa shape index (κ1) is 16.9. The molecule has 0 saturated heterocycles. The Morgan fingerprint density at radius 3 is 2.60 bits per heavy atom. The van der Waals surface area contributed by atoms with Gasteiger partial charge in [0.15, 0.2) is 0 Å². The van der Waals surface area contributed by atoms with Crippen molar-refractivity contribution in [2.45, 2.75) is 31.6 Å². The van der Waals surface area contributed by atoms with E-state index in [1.165, 1.54) is 0 Å². The van der Waals surface area contributed by atoms with Gasteiger partial charge in [-0.05, 0) is 38.2 Å². The highest BCUT2D eigenvalue weighted by molar-refractivity contribution is 7.99. The van der Waals surface area contributed by atoms with Crippen molar-refractivity contribution in [2.75, 3.05) is 19.3 Å². The molecule has 0 bridgehead atoms. The van der Waals surface area contributed by atoms with Gasteiger partial charge in [0, 0.05) is 17.8 Å². The van der Waals surface area contributed by atoms with E-state index >= 15 is 0 Å². The van der Waals surface area contributed by atoms with E-state index in [2.05, 4.69) is 24.5 Å². The van der Waals surface area contributed by atoms with Crippen molar-refractivity contribution in [3.05, 3.63) is 35.4 Å². The normalized spacial score (nSPS) is 12.8. The smallest absolute Gasteiger partial charge is 0.314 e. The summed E-state index contributed by atoms with van der Waals surface area (Å²) in [4.78, 5) is 11.7. The number of aliphatic hydroxyl groups is 1. The highest BCUT2D eigenvalue weighted by Gasteiger charge is 2.17. The van der Waals surface area contributed by atoms with Gasteiger partial charge in [0.2, 0.25) is 0 Å². The van der Waals surface area contributed by atoms with Crippen LogP contribution in [-0.4, -0.2) is 35.2 Å². The third-order valence-corrected chi connectivity index (χ3v) is 4.48. The summed E-state index contributed by atoms with van der Waals surface area (Å²) in [6.45, 7) is 6.87. The molecule has 2 amide bonds. The molecule has 112 valence electrons. The van der Waals surface area contributed by atoms with Crippen LogP contribution in [0.1, 0.15) is 31.1 Å². The first-order chi connectivity index (χ1) is 9.35. The van der Waals surface area contributed by atoms with Gasteiger partial charge in [-0.3, -0.25) is 0 Å². The van der Waals surface area contributed by atoms with Crippen molar-refractivity contribution in [3.8, 4) is 0 Å². The van der Waals surface area contributed by atoms with Gasteiger partial charge >= 0.3 is 6.03 Å². The van der Waals surface area contributed by atoms with Gasteiger partial charge in [0.05, 0.1) is 6.10 Å². The monoisotopic (exact) mass is 296 g/mol. The van der Waals surface area contributed by atoms with E-state index in [-0.39, 0.29) is 17.3 Å². The fourth-order valence-corrected chi connectivity index (χ4v) is 1.90. The van der Waals surface area contributed by atoms with E-state index < -0.39 is 6.10 Å². The summed E-state index contributed by atoms with van der Waals surface area (Å²) < 4.78 is 0.00593. The molecule has 1 aromatic carbocycles. The number of benzene rings is 1. The maximum Gasteiger partial charge on any atom is 0.314 e. The Kier molecular flexibility index (Phi) is 6.36. The largest absolute Gasteiger partial charge is 0.387 e. The molecule has 0 radical (unpaired) electrons. The van der Waals surface area contributed by atoms with Crippen molar-refractivity contribution >= 4 is 17.8 Å². The maximum atomic E-state index is 11.7. The minimum atomic E-state index is -0.685. The predicted molar refractivity (Wildman–Crippen MR) is 85.1 cm³/mol. The number of thioether (sulfide) groups is 1. The van der Waals surface area contributed by atoms with Crippen molar-refractivity contribution in [2.24, 2.45) is 0 Å². The number of nitrogens with one attached hydrogen (secondary N) is 2. The SMILES string of the molecule is CSC(C)(C)CNC(=O)NCC(O)c1ccccc1C. The van der Waals surface area contributed by atoms with Crippen molar-refractivity contribution in [1.29, 1.82) is 0 Å². The first-order valence-electron chi connectivity index (χ1n) is 6.66. The van der Waals surface area contributed by atoms with Gasteiger partial charge in [-0.25, -0.2) is 4.79 Å². The van der Waals surface area contributed by atoms with Crippen LogP contribution < -0.4 is 10.6 Å². The van der Waals surface area contributed by atoms with Crippen molar-refractivity contribution < 1.29 is 9.90 Å². The fourth-order valence-electron chi connectivity index (χ4n) is 1.69. The molecule has 0 fully saturated rings. The zero-order valence-electron chi connectivity index (χ0n) is 12.6. The average molecular weight is 296 g/mol. The van der Waals surface area contributed by atoms with Crippen LogP contribution in [0.25, 0.3) is 0 Å². The van der Waals surface area contributed by atoms with Crippen LogP contribution in [0.15, 0.2) is 24.3 Å². The lowest BCUT2D eigenvalue weighted by atomic mass is 10.0. The van der Waals surface area contributed by atoms with Crippen LogP contribution >= 0.6 is 11.8 Å². The molecule has 3 N–H and O–H groups in total. The molecular formula is C15H24N2O2S. The summed E-state index contributed by atoms with van der Waals surface area (Å²) in [5.74, 6) is 0. The van der Waals surface area contributed by atoms with Gasteiger partial charge in [-0.1, -0.05) is 24.3 Å². The molecule has 0 saturated carbocycles. The molecule has 0 aliphatic carbocycles. The molecule has 0 heterocycles. The third-order valence-electron chi connectivity index (χ3n) is 3.23. The van der Waals surface area contributed by atoms with Gasteiger partial charge in [-0.2, -0.15) is 11.8 Å². The van der Waals surface area contributed by atoms with E-state index in [4.69, 9.17) is 0 Å². The molecule has 1 aromatic rings. The van der Waals surface area contributed by atoms with E-state index in [1.54, 1.807) is 11.8 Å². The van der Waals surface area contributed by atoms with Crippen LogP contribution in [0.4, 0.5) is 4.79 Å². The average Bonchev–Trinajstić information content (AvgIpc) is 2.43. The van der Waals surface area contributed by atoms with Crippen LogP contribution in [0.2, 0.25) is 0 Å². The second-order valence-corrected chi connectivity index (χ2v) is 6.91. The van der Waals surface area contributed by atoms with Gasteiger partial charge in [0.25, 0.3) is 0 Å². The second-order valence-electron chi connectivity index (χ2n) is 5.40. The lowest BCUT2D eigenvalue weighted by molar-refractivity contribution is 0.172. The standard InChI is InChI=1S/C15H24N2O2S/c1-11-7-5-6-8-12(11)13(18)9-16-14(19)17-10-15(2,3)20-4/h5-8,13,18H,9-10H2,1-4H3,(H2,16,17,19). The van der Waals surface area contributed by atoms with Crippen LogP contribution in [0.3, 0.4) is 0 Å². The molecule has 1 atom stereocenters. The molecule has 4 nitrogen and oxygen atoms in total. The molecular weight excluding hydrogens is 272 g/mol. The van der Waals surface area contributed by atoms with Crippen LogP contribution in [0.5, 0.6) is 0 Å². The minimum Gasteiger partial charge on any atom is -0.387 e. The zero-order chi connectivity index (χ0) is 15.2. The van der Waals surface area contributed by atoms with Crippen LogP contribution in [-0.2, 0) is 0 Å². The number of amides is 2. The highest BCUT2D eigenvalue weighted by atomic mass is 32.2. The van der Waals surface area contributed by atoms with E-state index in [1.807, 2.05) is 37.4 Å². The van der Waals surface area contributed by atoms with E-state index in [0.29, 0.717) is 6.54 Å². The molecule has 0 aliphatic heterocycles. The molecule has 0 spiro atoms. The topological polar surface area (TPSA) is 61.4 Å². The number of rotatable bonds is 6. The predicted octanol–water partition coefficient (Wildman–Crippen LogP) is 2.47. The number of urea groups is 1. The number of hydrogen-bond acceptors (Lipinski definition) is 3. The fraction of sp³-hybridized carbons (Fsp3) is 0.533. The number of aryl methyl sites for hydroxylation is 1. The summed E-state index contributed by atoms with van der Waals surface area (Å²) in [6.07, 6.45) is 1.33. The number of carbonyl (C=O) groups excluding carboxylic acids is 1. The minimum absolute atomic E-state index is 0.00593. The molecule has 0 aliphatic rings. The Balaban J connectivity index is 2.40. The second kappa shape index (κ2) is 7.55. The Bertz CT molecular complexity index is 449. The Hall–Kier alpha value is -1.20. The summed E-state index contributed by atoms with van der Waals surface area (Å²) in [7, 11) is 0. The van der Waals surface area contributed by atoms with Gasteiger partial charge in [0.1, 0.15) is 0 Å². The summed E-state index contributed by atoms with van der Waals surface area (Å²) in [5, 5.41) is 15.6. The van der Waals surface area contributed by atoms with Crippen molar-refractivity contribution in [3.63, 3.8) is 0 Å². The summed E-state index contributed by atoms with van der Waals surface area (Å²) >= 11 is 1.70. The molecule has 0 aromatic heterocycles. The molecule has 5 heteroatoms. The lowest BCUT2D eigenvalue weighted by Gasteiger charge is -2.22. The van der Waals surface area contributed by atoms with Gasteiger partial charge < -0.3 is 15.7 Å². The summed E-state index contributed by atoms with van der Waals surface area (Å²) in [6, 6.07) is 7.37. The van der Waals surface area contributed by atoms with Crippen LogP contribution in [0, 0.1) is 6.92 Å². The maximum absolute atomic E-state index is 11.7. The quantitative estimate of drug-likeness (QED) is 0.756. The Labute approximate surface area is 125 Å². The Morgan fingerprint density at radius 1 is 1.35 bits per heavy atom.